The second-order valence-corrected chi connectivity index (χ2v) is 7.54. The first-order valence-corrected chi connectivity index (χ1v) is 9.97. The third kappa shape index (κ3) is 4.41. The van der Waals surface area contributed by atoms with E-state index in [1.54, 1.807) is 0 Å². The van der Waals surface area contributed by atoms with E-state index in [-0.39, 0.29) is 36.8 Å². The molecule has 1 atom stereocenters. The molecule has 0 spiro atoms. The van der Waals surface area contributed by atoms with E-state index in [2.05, 4.69) is 39.5 Å². The van der Waals surface area contributed by atoms with Crippen molar-refractivity contribution in [1.82, 2.24) is 15.2 Å². The summed E-state index contributed by atoms with van der Waals surface area (Å²) in [5, 5.41) is 3.42. The molecule has 160 valence electrons. The van der Waals surface area contributed by atoms with Gasteiger partial charge in [-0.3, -0.25) is 4.79 Å². The fourth-order valence-electron chi connectivity index (χ4n) is 4.17. The van der Waals surface area contributed by atoms with Gasteiger partial charge in [-0.25, -0.2) is 0 Å². The Labute approximate surface area is 188 Å². The lowest BCUT2D eigenvalue weighted by Crippen LogP contribution is -2.50. The molecule has 1 N–H and O–H groups in total. The zero-order valence-corrected chi connectivity index (χ0v) is 18.3. The summed E-state index contributed by atoms with van der Waals surface area (Å²) < 4.78 is 5.91. The number of rotatable bonds is 2. The largest absolute Gasteiger partial charge is 0.423 e. The number of nitrogens with zero attached hydrogens (tertiary/aromatic N) is 3. The van der Waals surface area contributed by atoms with Crippen LogP contribution in [-0.2, 0) is 17.8 Å². The van der Waals surface area contributed by atoms with Crippen molar-refractivity contribution >= 4 is 47.8 Å². The summed E-state index contributed by atoms with van der Waals surface area (Å²) in [7, 11) is 0. The minimum Gasteiger partial charge on any atom is -0.423 e. The highest BCUT2D eigenvalue weighted by molar-refractivity contribution is 5.85. The second-order valence-electron chi connectivity index (χ2n) is 7.54. The van der Waals surface area contributed by atoms with Crippen molar-refractivity contribution in [3.8, 4) is 0 Å². The summed E-state index contributed by atoms with van der Waals surface area (Å²) in [6, 6.07) is 16.7. The lowest BCUT2D eigenvalue weighted by molar-refractivity contribution is -0.133. The molecule has 2 aliphatic heterocycles. The van der Waals surface area contributed by atoms with Crippen molar-refractivity contribution in [1.29, 1.82) is 0 Å². The van der Waals surface area contributed by atoms with Gasteiger partial charge in [-0.2, -0.15) is 4.98 Å². The topological polar surface area (TPSA) is 61.6 Å². The average Bonchev–Trinajstić information content (AvgIpc) is 3.02. The van der Waals surface area contributed by atoms with Gasteiger partial charge in [0.25, 0.3) is 6.01 Å². The number of carbonyl (C=O) groups is 1. The maximum Gasteiger partial charge on any atom is 0.298 e. The number of carbonyl (C=O) groups excluding carboxylic acids is 1. The zero-order chi connectivity index (χ0) is 18.9. The number of halogens is 2. The van der Waals surface area contributed by atoms with E-state index in [1.807, 2.05) is 29.2 Å². The molecule has 1 saturated heterocycles. The molecule has 0 saturated carbocycles. The minimum absolute atomic E-state index is 0. The molecule has 30 heavy (non-hydrogen) atoms. The van der Waals surface area contributed by atoms with Gasteiger partial charge in [0.15, 0.2) is 5.58 Å². The zero-order valence-electron chi connectivity index (χ0n) is 16.6. The van der Waals surface area contributed by atoms with Crippen LogP contribution in [0.2, 0.25) is 0 Å². The van der Waals surface area contributed by atoms with Crippen molar-refractivity contribution in [2.24, 2.45) is 0 Å². The monoisotopic (exact) mass is 448 g/mol. The third-order valence-electron chi connectivity index (χ3n) is 5.74. The number of anilines is 1. The van der Waals surface area contributed by atoms with Crippen LogP contribution in [0.4, 0.5) is 6.01 Å². The number of nitrogens with one attached hydrogen (secondary N) is 1. The summed E-state index contributed by atoms with van der Waals surface area (Å²) in [6.45, 7) is 3.81. The van der Waals surface area contributed by atoms with E-state index < -0.39 is 0 Å². The molecule has 2 aliphatic rings. The maximum absolute atomic E-state index is 13.1. The first kappa shape index (κ1) is 22.4. The molecule has 5 rings (SSSR count). The molecule has 1 amide bonds. The first-order chi connectivity index (χ1) is 13.8. The summed E-state index contributed by atoms with van der Waals surface area (Å²) in [4.78, 5) is 21.9. The molecule has 0 radical (unpaired) electrons. The molecule has 1 fully saturated rings. The van der Waals surface area contributed by atoms with Gasteiger partial charge in [-0.15, -0.1) is 24.8 Å². The van der Waals surface area contributed by atoms with Crippen LogP contribution in [0, 0.1) is 0 Å². The number of benzene rings is 2. The van der Waals surface area contributed by atoms with Crippen molar-refractivity contribution in [3.63, 3.8) is 0 Å². The van der Waals surface area contributed by atoms with Crippen molar-refractivity contribution in [3.05, 3.63) is 59.7 Å². The van der Waals surface area contributed by atoms with Crippen LogP contribution in [0.15, 0.2) is 52.9 Å². The van der Waals surface area contributed by atoms with Crippen LogP contribution in [0.3, 0.4) is 0 Å². The first-order valence-electron chi connectivity index (χ1n) is 9.97. The second kappa shape index (κ2) is 9.69. The van der Waals surface area contributed by atoms with Gasteiger partial charge in [-0.05, 0) is 36.1 Å². The van der Waals surface area contributed by atoms with Gasteiger partial charge in [0.1, 0.15) is 5.52 Å². The lowest BCUT2D eigenvalue weighted by Gasteiger charge is -2.30. The summed E-state index contributed by atoms with van der Waals surface area (Å²) in [5.74, 6) is 0.203. The Bertz CT molecular complexity index is 976. The molecule has 0 unspecified atom stereocenters. The highest BCUT2D eigenvalue weighted by Crippen LogP contribution is 2.23. The molecule has 1 aromatic heterocycles. The number of aromatic nitrogens is 1. The Hall–Kier alpha value is -2.28. The highest BCUT2D eigenvalue weighted by atomic mass is 35.5. The predicted octanol–water partition coefficient (Wildman–Crippen LogP) is 3.42. The molecule has 6 nitrogen and oxygen atoms in total. The van der Waals surface area contributed by atoms with Crippen molar-refractivity contribution in [2.75, 3.05) is 31.1 Å². The molecule has 2 aromatic carbocycles. The van der Waals surface area contributed by atoms with E-state index >= 15 is 0 Å². The third-order valence-corrected chi connectivity index (χ3v) is 5.74. The Morgan fingerprint density at radius 3 is 2.57 bits per heavy atom. The van der Waals surface area contributed by atoms with Crippen LogP contribution < -0.4 is 10.2 Å². The smallest absolute Gasteiger partial charge is 0.298 e. The summed E-state index contributed by atoms with van der Waals surface area (Å²) in [5.41, 5.74) is 4.26. The minimum atomic E-state index is -0.134. The van der Waals surface area contributed by atoms with Gasteiger partial charge in [0.05, 0.1) is 6.04 Å². The summed E-state index contributed by atoms with van der Waals surface area (Å²) in [6.07, 6.45) is 1.67. The molecular weight excluding hydrogens is 423 g/mol. The Balaban J connectivity index is 0.00000128. The SMILES string of the molecule is Cl.Cl.O=C([C@H]1Cc2ccccc2CN1)N1CCCN(c2nc3ccccc3o2)CC1. The number of fused-ring (bicyclic) bond motifs is 2. The van der Waals surface area contributed by atoms with Crippen molar-refractivity contribution < 1.29 is 9.21 Å². The maximum atomic E-state index is 13.1. The highest BCUT2D eigenvalue weighted by Gasteiger charge is 2.29. The molecule has 8 heteroatoms. The quantitative estimate of drug-likeness (QED) is 0.650. The van der Waals surface area contributed by atoms with Crippen LogP contribution in [0.5, 0.6) is 0 Å². The average molecular weight is 449 g/mol. The predicted molar refractivity (Wildman–Crippen MR) is 123 cm³/mol. The van der Waals surface area contributed by atoms with Gasteiger partial charge < -0.3 is 19.5 Å². The lowest BCUT2D eigenvalue weighted by atomic mass is 9.95. The van der Waals surface area contributed by atoms with Gasteiger partial charge in [-0.1, -0.05) is 36.4 Å². The van der Waals surface area contributed by atoms with Crippen LogP contribution in [0.25, 0.3) is 11.1 Å². The Morgan fingerprint density at radius 1 is 0.967 bits per heavy atom. The summed E-state index contributed by atoms with van der Waals surface area (Å²) >= 11 is 0. The van der Waals surface area contributed by atoms with E-state index in [1.165, 1.54) is 11.1 Å². The van der Waals surface area contributed by atoms with Crippen molar-refractivity contribution in [2.45, 2.75) is 25.4 Å². The van der Waals surface area contributed by atoms with Crippen LogP contribution in [0.1, 0.15) is 17.5 Å². The number of hydrogen-bond donors (Lipinski definition) is 1. The molecule has 3 heterocycles. The van der Waals surface area contributed by atoms with Crippen LogP contribution in [-0.4, -0.2) is 48.0 Å². The Morgan fingerprint density at radius 2 is 1.73 bits per heavy atom. The van der Waals surface area contributed by atoms with Gasteiger partial charge >= 0.3 is 0 Å². The van der Waals surface area contributed by atoms with E-state index in [9.17, 15) is 4.79 Å². The van der Waals surface area contributed by atoms with E-state index in [0.717, 1.165) is 50.1 Å². The molecule has 0 aliphatic carbocycles. The number of hydrogen-bond acceptors (Lipinski definition) is 5. The van der Waals surface area contributed by atoms with Crippen LogP contribution >= 0.6 is 24.8 Å². The number of amides is 1. The molecular formula is C22H26Cl2N4O2. The normalized spacial score (nSPS) is 18.7. The molecule has 0 bridgehead atoms. The van der Waals surface area contributed by atoms with E-state index in [0.29, 0.717) is 12.6 Å². The standard InChI is InChI=1S/C22H24N4O2.2ClH/c27-21(19-14-16-6-1-2-7-17(16)15-23-19)25-10-5-11-26(13-12-25)22-24-18-8-3-4-9-20(18)28-22;;/h1-4,6-9,19,23H,5,10-15H2;2*1H/t19-;;/m1../s1. The number of para-hydroxylation sites is 2. The number of oxazole rings is 1. The fourth-order valence-corrected chi connectivity index (χ4v) is 4.17. The van der Waals surface area contributed by atoms with Gasteiger partial charge in [0.2, 0.25) is 5.91 Å². The Kier molecular flexibility index (Phi) is 7.23. The van der Waals surface area contributed by atoms with Gasteiger partial charge in [0, 0.05) is 32.7 Å². The molecule has 3 aromatic rings. The van der Waals surface area contributed by atoms with E-state index in [4.69, 9.17) is 4.42 Å². The fraction of sp³-hybridized carbons (Fsp3) is 0.364.